The number of aliphatic imine (C=N–C) groups is 1. The van der Waals surface area contributed by atoms with Gasteiger partial charge in [0.1, 0.15) is 30.3 Å². The lowest BCUT2D eigenvalue weighted by atomic mass is 9.92. The van der Waals surface area contributed by atoms with Crippen molar-refractivity contribution < 1.29 is 18.7 Å². The second-order valence-corrected chi connectivity index (χ2v) is 7.27. The third-order valence-electron chi connectivity index (χ3n) is 3.16. The van der Waals surface area contributed by atoms with E-state index in [4.69, 9.17) is 9.47 Å². The highest BCUT2D eigenvalue weighted by atomic mass is 79.9. The zero-order valence-electron chi connectivity index (χ0n) is 13.4. The molecule has 1 aromatic rings. The van der Waals surface area contributed by atoms with Crippen molar-refractivity contribution in [2.45, 2.75) is 31.9 Å². The predicted molar refractivity (Wildman–Crippen MR) is 89.4 cm³/mol. The van der Waals surface area contributed by atoms with Gasteiger partial charge in [0.2, 0.25) is 0 Å². The fraction of sp³-hybridized carbons (Fsp3) is 0.500. The summed E-state index contributed by atoms with van der Waals surface area (Å²) in [7, 11) is 0. The fourth-order valence-corrected chi connectivity index (χ4v) is 2.60. The number of halogens is 2. The van der Waals surface area contributed by atoms with Crippen molar-refractivity contribution in [1.82, 2.24) is 5.32 Å². The first kappa shape index (κ1) is 17.9. The van der Waals surface area contributed by atoms with Crippen molar-refractivity contribution in [3.63, 3.8) is 0 Å². The minimum atomic E-state index is -1.16. The summed E-state index contributed by atoms with van der Waals surface area (Å²) in [6.45, 7) is 4.77. The summed E-state index contributed by atoms with van der Waals surface area (Å²) in [6, 6.07) is 7.24. The van der Waals surface area contributed by atoms with E-state index in [1.54, 1.807) is 32.9 Å². The molecule has 126 valence electrons. The topological polar surface area (TPSA) is 59.9 Å². The maximum Gasteiger partial charge on any atom is 0.413 e. The summed E-state index contributed by atoms with van der Waals surface area (Å²) >= 11 is 3.37. The monoisotopic (exact) mass is 386 g/mol. The number of ether oxygens (including phenoxy) is 2. The molecule has 1 aliphatic rings. The number of hydrogen-bond donors (Lipinski definition) is 1. The van der Waals surface area contributed by atoms with E-state index < -0.39 is 23.9 Å². The molecule has 1 aromatic carbocycles. The smallest absolute Gasteiger partial charge is 0.413 e. The van der Waals surface area contributed by atoms with Gasteiger partial charge >= 0.3 is 6.09 Å². The molecule has 0 aromatic heterocycles. The first-order chi connectivity index (χ1) is 10.7. The lowest BCUT2D eigenvalue weighted by molar-refractivity contribution is 0.0530. The molecule has 0 radical (unpaired) electrons. The fourth-order valence-electron chi connectivity index (χ4n) is 2.20. The number of carbonyl (C=O) groups is 1. The summed E-state index contributed by atoms with van der Waals surface area (Å²) in [5.41, 5.74) is -1.11. The average molecular weight is 387 g/mol. The normalized spacial score (nSPS) is 21.5. The van der Waals surface area contributed by atoms with Crippen LogP contribution >= 0.6 is 15.9 Å². The summed E-state index contributed by atoms with van der Waals surface area (Å²) in [5, 5.41) is 2.53. The van der Waals surface area contributed by atoms with Crippen molar-refractivity contribution in [2.24, 2.45) is 4.99 Å². The van der Waals surface area contributed by atoms with Crippen LogP contribution in [0.25, 0.3) is 0 Å². The van der Waals surface area contributed by atoms with E-state index in [9.17, 15) is 9.18 Å². The number of amides is 1. The standard InChI is InChI=1S/C16H20BrFN2O3/c1-15(2,3)23-14(21)19-13-8-22-10-16(9-18,20-13)11-5-4-6-12(17)7-11/h4-7H,8-10H2,1-3H3,(H,19,20,21). The number of nitrogens with one attached hydrogen (secondary N) is 1. The van der Waals surface area contributed by atoms with E-state index in [2.05, 4.69) is 26.2 Å². The molecule has 7 heteroatoms. The number of benzene rings is 1. The zero-order chi connectivity index (χ0) is 17.1. The third kappa shape index (κ3) is 4.75. The van der Waals surface area contributed by atoms with Crippen LogP contribution in [0.4, 0.5) is 9.18 Å². The molecule has 0 bridgehead atoms. The molecule has 1 unspecified atom stereocenters. The Bertz CT molecular complexity index is 616. The summed E-state index contributed by atoms with van der Waals surface area (Å²) in [4.78, 5) is 16.2. The lowest BCUT2D eigenvalue weighted by Crippen LogP contribution is -2.46. The van der Waals surface area contributed by atoms with E-state index in [1.807, 2.05) is 12.1 Å². The molecule has 2 rings (SSSR count). The van der Waals surface area contributed by atoms with Gasteiger partial charge in [-0.15, -0.1) is 0 Å². The van der Waals surface area contributed by atoms with Gasteiger partial charge in [-0.1, -0.05) is 28.1 Å². The quantitative estimate of drug-likeness (QED) is 0.844. The Kier molecular flexibility index (Phi) is 5.41. The Labute approximate surface area is 143 Å². The molecule has 23 heavy (non-hydrogen) atoms. The van der Waals surface area contributed by atoms with E-state index >= 15 is 0 Å². The Morgan fingerprint density at radius 1 is 1.52 bits per heavy atom. The summed E-state index contributed by atoms with van der Waals surface area (Å²) in [5.74, 6) is 0.253. The van der Waals surface area contributed by atoms with Crippen LogP contribution in [0.15, 0.2) is 33.7 Å². The highest BCUT2D eigenvalue weighted by molar-refractivity contribution is 9.10. The van der Waals surface area contributed by atoms with Crippen molar-refractivity contribution in [3.05, 3.63) is 34.3 Å². The van der Waals surface area contributed by atoms with Gasteiger partial charge in [-0.3, -0.25) is 10.3 Å². The van der Waals surface area contributed by atoms with E-state index in [0.717, 1.165) is 4.47 Å². The maximum absolute atomic E-state index is 13.8. The van der Waals surface area contributed by atoms with Gasteiger partial charge in [0.25, 0.3) is 0 Å². The molecule has 0 saturated heterocycles. The second-order valence-electron chi connectivity index (χ2n) is 6.35. The number of rotatable bonds is 2. The lowest BCUT2D eigenvalue weighted by Gasteiger charge is -2.32. The van der Waals surface area contributed by atoms with E-state index in [0.29, 0.717) is 5.56 Å². The number of nitrogens with zero attached hydrogens (tertiary/aromatic N) is 1. The van der Waals surface area contributed by atoms with E-state index in [1.165, 1.54) is 0 Å². The van der Waals surface area contributed by atoms with Gasteiger partial charge in [-0.25, -0.2) is 9.18 Å². The van der Waals surface area contributed by atoms with Gasteiger partial charge in [-0.05, 0) is 38.5 Å². The Balaban J connectivity index is 2.23. The predicted octanol–water partition coefficient (Wildman–Crippen LogP) is 3.57. The number of alkyl halides is 1. The molecule has 1 amide bonds. The molecule has 0 spiro atoms. The number of amidine groups is 1. The van der Waals surface area contributed by atoms with Crippen LogP contribution < -0.4 is 5.32 Å². The SMILES string of the molecule is CC(C)(C)OC(=O)NC1=NC(CF)(c2cccc(Br)c2)COC1. The molecular weight excluding hydrogens is 367 g/mol. The highest BCUT2D eigenvalue weighted by Gasteiger charge is 2.36. The molecule has 5 nitrogen and oxygen atoms in total. The highest BCUT2D eigenvalue weighted by Crippen LogP contribution is 2.31. The summed E-state index contributed by atoms with van der Waals surface area (Å²) in [6.07, 6.45) is -0.635. The first-order valence-electron chi connectivity index (χ1n) is 7.23. The Morgan fingerprint density at radius 2 is 2.26 bits per heavy atom. The van der Waals surface area contributed by atoms with Crippen LogP contribution in [0.5, 0.6) is 0 Å². The minimum Gasteiger partial charge on any atom is -0.444 e. The number of carbonyl (C=O) groups excluding carboxylic acids is 1. The van der Waals surface area contributed by atoms with Crippen LogP contribution in [0.1, 0.15) is 26.3 Å². The van der Waals surface area contributed by atoms with Gasteiger partial charge < -0.3 is 9.47 Å². The van der Waals surface area contributed by atoms with Crippen molar-refractivity contribution in [1.29, 1.82) is 0 Å². The van der Waals surface area contributed by atoms with Crippen LogP contribution in [0.3, 0.4) is 0 Å². The molecule has 1 heterocycles. The molecular formula is C16H20BrFN2O3. The molecule has 0 aliphatic carbocycles. The second kappa shape index (κ2) is 6.97. The number of hydrogen-bond acceptors (Lipinski definition) is 4. The maximum atomic E-state index is 13.8. The van der Waals surface area contributed by atoms with Gasteiger partial charge in [-0.2, -0.15) is 0 Å². The van der Waals surface area contributed by atoms with Crippen LogP contribution in [0.2, 0.25) is 0 Å². The van der Waals surface area contributed by atoms with Gasteiger partial charge in [0, 0.05) is 4.47 Å². The number of alkyl carbamates (subject to hydrolysis) is 1. The van der Waals surface area contributed by atoms with Crippen LogP contribution in [0, 0.1) is 0 Å². The molecule has 1 aliphatic heterocycles. The third-order valence-corrected chi connectivity index (χ3v) is 3.65. The first-order valence-corrected chi connectivity index (χ1v) is 8.02. The average Bonchev–Trinajstić information content (AvgIpc) is 2.45. The van der Waals surface area contributed by atoms with Gasteiger partial charge in [0.05, 0.1) is 6.61 Å². The Hall–Kier alpha value is -1.47. The van der Waals surface area contributed by atoms with Crippen LogP contribution in [-0.2, 0) is 15.0 Å². The van der Waals surface area contributed by atoms with Gasteiger partial charge in [0.15, 0.2) is 0 Å². The summed E-state index contributed by atoms with van der Waals surface area (Å²) < 4.78 is 25.2. The Morgan fingerprint density at radius 3 is 2.87 bits per heavy atom. The van der Waals surface area contributed by atoms with Crippen molar-refractivity contribution >= 4 is 27.9 Å². The minimum absolute atomic E-state index is 0.106. The molecule has 1 N–H and O–H groups in total. The van der Waals surface area contributed by atoms with Crippen LogP contribution in [-0.4, -0.2) is 37.4 Å². The largest absolute Gasteiger partial charge is 0.444 e. The van der Waals surface area contributed by atoms with Crippen molar-refractivity contribution in [2.75, 3.05) is 19.9 Å². The molecule has 0 saturated carbocycles. The van der Waals surface area contributed by atoms with Crippen molar-refractivity contribution in [3.8, 4) is 0 Å². The molecule has 0 fully saturated rings. The molecule has 1 atom stereocenters. The zero-order valence-corrected chi connectivity index (χ0v) is 14.9. The van der Waals surface area contributed by atoms with E-state index in [-0.39, 0.29) is 19.0 Å².